The monoisotopic (exact) mass is 525 g/mol. The first-order valence-electron chi connectivity index (χ1n) is 11.8. The minimum absolute atomic E-state index is 0.133. The first-order valence-corrected chi connectivity index (χ1v) is 12.7. The zero-order chi connectivity index (χ0) is 26.9. The van der Waals surface area contributed by atoms with Gasteiger partial charge in [0.1, 0.15) is 11.8 Å². The largest absolute Gasteiger partial charge is 0.508 e. The normalized spacial score (nSPS) is 11.5. The number of rotatable bonds is 11. The summed E-state index contributed by atoms with van der Waals surface area (Å²) in [6.07, 6.45) is 1.58. The van der Waals surface area contributed by atoms with Crippen LogP contribution in [0.1, 0.15) is 49.0 Å². The lowest BCUT2D eigenvalue weighted by Gasteiger charge is -2.18. The summed E-state index contributed by atoms with van der Waals surface area (Å²) in [5.74, 6) is -0.926. The van der Waals surface area contributed by atoms with Crippen molar-refractivity contribution >= 4 is 35.1 Å². The molecule has 0 bridgehead atoms. The smallest absolute Gasteiger partial charge is 0.330 e. The van der Waals surface area contributed by atoms with Crippen molar-refractivity contribution < 1.29 is 24.2 Å². The average molecular weight is 526 g/mol. The number of carbonyl (C=O) groups excluding carboxylic acids is 3. The molecule has 2 amide bonds. The molecule has 37 heavy (non-hydrogen) atoms. The Kier molecular flexibility index (Phi) is 9.56. The zero-order valence-corrected chi connectivity index (χ0v) is 22.1. The van der Waals surface area contributed by atoms with Gasteiger partial charge in [0.25, 0.3) is 11.8 Å². The van der Waals surface area contributed by atoms with E-state index in [1.165, 1.54) is 18.4 Å². The molecule has 0 aliphatic rings. The van der Waals surface area contributed by atoms with Crippen molar-refractivity contribution in [2.24, 2.45) is 0 Å². The Labute approximate surface area is 219 Å². The van der Waals surface area contributed by atoms with Crippen LogP contribution in [-0.4, -0.2) is 59.1 Å². The predicted octanol–water partition coefficient (Wildman–Crippen LogP) is 2.92. The number of carbonyl (C=O) groups is 3. The molecule has 0 saturated carbocycles. The summed E-state index contributed by atoms with van der Waals surface area (Å²) >= 11 is 1.27. The number of hydrogen-bond acceptors (Lipinski definition) is 9. The maximum absolute atomic E-state index is 13.0. The van der Waals surface area contributed by atoms with Gasteiger partial charge in [-0.15, -0.1) is 11.3 Å². The van der Waals surface area contributed by atoms with Gasteiger partial charge in [-0.3, -0.25) is 9.59 Å². The van der Waals surface area contributed by atoms with Crippen LogP contribution in [0.15, 0.2) is 35.7 Å². The van der Waals surface area contributed by atoms with Gasteiger partial charge in [-0.25, -0.2) is 14.8 Å². The third-order valence-electron chi connectivity index (χ3n) is 5.74. The molecule has 0 unspecified atom stereocenters. The zero-order valence-electron chi connectivity index (χ0n) is 21.3. The highest BCUT2D eigenvalue weighted by atomic mass is 32.1. The summed E-state index contributed by atoms with van der Waals surface area (Å²) in [7, 11) is 1.21. The van der Waals surface area contributed by atoms with Crippen LogP contribution in [0.4, 0.5) is 5.95 Å². The number of aromatic nitrogens is 2. The average Bonchev–Trinajstić information content (AvgIpc) is 3.40. The maximum Gasteiger partial charge on any atom is 0.330 e. The Morgan fingerprint density at radius 1 is 1.08 bits per heavy atom. The lowest BCUT2D eigenvalue weighted by Crippen LogP contribution is -2.49. The van der Waals surface area contributed by atoms with E-state index in [9.17, 15) is 19.5 Å². The fraction of sp³-hybridized carbons (Fsp3) is 0.346. The number of phenolic OH excluding ortho intramolecular Hbond substituents is 1. The Morgan fingerprint density at radius 2 is 1.81 bits per heavy atom. The van der Waals surface area contributed by atoms with Gasteiger partial charge in [-0.2, -0.15) is 0 Å². The molecule has 196 valence electrons. The van der Waals surface area contributed by atoms with Crippen molar-refractivity contribution in [1.82, 2.24) is 20.6 Å². The lowest BCUT2D eigenvalue weighted by molar-refractivity contribution is -0.142. The molecule has 3 rings (SSSR count). The molecule has 0 aliphatic heterocycles. The van der Waals surface area contributed by atoms with E-state index in [0.29, 0.717) is 28.8 Å². The summed E-state index contributed by atoms with van der Waals surface area (Å²) in [6, 6.07) is 7.66. The van der Waals surface area contributed by atoms with Gasteiger partial charge >= 0.3 is 5.97 Å². The summed E-state index contributed by atoms with van der Waals surface area (Å²) in [5, 5.41) is 19.9. The molecule has 1 aromatic carbocycles. The molecule has 10 nitrogen and oxygen atoms in total. The molecule has 0 saturated heterocycles. The number of methoxy groups -OCH3 is 1. The van der Waals surface area contributed by atoms with E-state index in [0.717, 1.165) is 24.0 Å². The van der Waals surface area contributed by atoms with E-state index in [1.54, 1.807) is 43.5 Å². The molecule has 0 fully saturated rings. The number of aryl methyl sites for hydroxylation is 4. The standard InChI is InChI=1S/C26H31N5O5S/c1-15-9-10-19(32)13-18(15)7-5-11-27-26-29-16(2)22(17(3)30-26)24(34)31-20(25(35)36-4)14-28-23(33)21-8-6-12-37-21/h6,8-10,12-13,20,32H,5,7,11,14H2,1-4H3,(H,28,33)(H,31,34)(H,27,29,30)/t20-/m0/s1. The first-order chi connectivity index (χ1) is 17.7. The second-order valence-electron chi connectivity index (χ2n) is 8.47. The van der Waals surface area contributed by atoms with E-state index in [2.05, 4.69) is 25.9 Å². The van der Waals surface area contributed by atoms with E-state index in [-0.39, 0.29) is 23.8 Å². The Bertz CT molecular complexity index is 1240. The van der Waals surface area contributed by atoms with Gasteiger partial charge in [0, 0.05) is 13.1 Å². The van der Waals surface area contributed by atoms with Crippen molar-refractivity contribution in [3.63, 3.8) is 0 Å². The second-order valence-corrected chi connectivity index (χ2v) is 9.42. The van der Waals surface area contributed by atoms with E-state index in [4.69, 9.17) is 4.74 Å². The van der Waals surface area contributed by atoms with Gasteiger partial charge in [-0.05, 0) is 68.3 Å². The van der Waals surface area contributed by atoms with Gasteiger partial charge in [0.05, 0.1) is 28.9 Å². The van der Waals surface area contributed by atoms with Crippen LogP contribution in [0.3, 0.4) is 0 Å². The van der Waals surface area contributed by atoms with E-state index < -0.39 is 17.9 Å². The second kappa shape index (κ2) is 12.8. The Balaban J connectivity index is 1.60. The van der Waals surface area contributed by atoms with Gasteiger partial charge in [0.15, 0.2) is 0 Å². The van der Waals surface area contributed by atoms with Gasteiger partial charge < -0.3 is 25.8 Å². The summed E-state index contributed by atoms with van der Waals surface area (Å²) in [4.78, 5) is 46.8. The number of thiophene rings is 1. The number of hydrogen-bond donors (Lipinski definition) is 4. The molecule has 0 radical (unpaired) electrons. The highest BCUT2D eigenvalue weighted by molar-refractivity contribution is 7.12. The molecule has 0 spiro atoms. The predicted molar refractivity (Wildman–Crippen MR) is 141 cm³/mol. The molecule has 3 aromatic rings. The number of amides is 2. The molecule has 2 aromatic heterocycles. The topological polar surface area (TPSA) is 143 Å². The van der Waals surface area contributed by atoms with Gasteiger partial charge in [0.2, 0.25) is 5.95 Å². The van der Waals surface area contributed by atoms with Crippen LogP contribution in [-0.2, 0) is 16.0 Å². The SMILES string of the molecule is COC(=O)[C@H](CNC(=O)c1cccs1)NC(=O)c1c(C)nc(NCCCc2cc(O)ccc2C)nc1C. The first kappa shape index (κ1) is 27.6. The quantitative estimate of drug-likeness (QED) is 0.221. The molecule has 4 N–H and O–H groups in total. The Hall–Kier alpha value is -3.99. The van der Waals surface area contributed by atoms with E-state index >= 15 is 0 Å². The van der Waals surface area contributed by atoms with E-state index in [1.807, 2.05) is 13.0 Å². The number of phenols is 1. The molecule has 2 heterocycles. The number of anilines is 1. The fourth-order valence-corrected chi connectivity index (χ4v) is 4.43. The van der Waals surface area contributed by atoms with Crippen LogP contribution in [0.5, 0.6) is 5.75 Å². The number of benzene rings is 1. The molecular formula is C26H31N5O5S. The molecule has 1 atom stereocenters. The third kappa shape index (κ3) is 7.50. The van der Waals surface area contributed by atoms with Gasteiger partial charge in [-0.1, -0.05) is 12.1 Å². The molecule has 0 aliphatic carbocycles. The third-order valence-corrected chi connectivity index (χ3v) is 6.61. The number of esters is 1. The summed E-state index contributed by atoms with van der Waals surface area (Å²) in [6.45, 7) is 5.86. The minimum Gasteiger partial charge on any atom is -0.508 e. The molecular weight excluding hydrogens is 494 g/mol. The lowest BCUT2D eigenvalue weighted by atomic mass is 10.0. The van der Waals surface area contributed by atoms with Crippen molar-refractivity contribution in [2.45, 2.75) is 39.7 Å². The number of nitrogens with one attached hydrogen (secondary N) is 3. The fourth-order valence-electron chi connectivity index (χ4n) is 3.79. The highest BCUT2D eigenvalue weighted by Gasteiger charge is 2.25. The van der Waals surface area contributed by atoms with Crippen LogP contribution in [0.25, 0.3) is 0 Å². The summed E-state index contributed by atoms with van der Waals surface area (Å²) in [5.41, 5.74) is 3.34. The van der Waals surface area contributed by atoms with Crippen LogP contribution in [0.2, 0.25) is 0 Å². The Morgan fingerprint density at radius 3 is 2.46 bits per heavy atom. The number of aromatic hydroxyl groups is 1. The van der Waals surface area contributed by atoms with Crippen LogP contribution < -0.4 is 16.0 Å². The molecule has 11 heteroatoms. The maximum atomic E-state index is 13.0. The summed E-state index contributed by atoms with van der Waals surface area (Å²) < 4.78 is 4.79. The number of nitrogens with zero attached hydrogens (tertiary/aromatic N) is 2. The highest BCUT2D eigenvalue weighted by Crippen LogP contribution is 2.18. The minimum atomic E-state index is -1.08. The van der Waals surface area contributed by atoms with Crippen molar-refractivity contribution in [1.29, 1.82) is 0 Å². The van der Waals surface area contributed by atoms with Crippen molar-refractivity contribution in [3.8, 4) is 5.75 Å². The number of ether oxygens (including phenoxy) is 1. The van der Waals surface area contributed by atoms with Crippen molar-refractivity contribution in [2.75, 3.05) is 25.5 Å². The van der Waals surface area contributed by atoms with Crippen molar-refractivity contribution in [3.05, 3.63) is 68.7 Å². The van der Waals surface area contributed by atoms with Crippen LogP contribution in [0, 0.1) is 20.8 Å². The van der Waals surface area contributed by atoms with Crippen LogP contribution >= 0.6 is 11.3 Å².